The van der Waals surface area contributed by atoms with Crippen molar-refractivity contribution in [2.75, 3.05) is 6.54 Å². The molecule has 1 aromatic carbocycles. The van der Waals surface area contributed by atoms with E-state index in [-0.39, 0.29) is 11.7 Å². The van der Waals surface area contributed by atoms with Gasteiger partial charge in [-0.2, -0.15) is 0 Å². The van der Waals surface area contributed by atoms with Gasteiger partial charge in [0.1, 0.15) is 5.75 Å². The van der Waals surface area contributed by atoms with Gasteiger partial charge in [-0.3, -0.25) is 4.79 Å². The van der Waals surface area contributed by atoms with E-state index in [9.17, 15) is 9.90 Å². The molecule has 1 amide bonds. The van der Waals surface area contributed by atoms with Crippen LogP contribution in [0.5, 0.6) is 5.75 Å². The van der Waals surface area contributed by atoms with E-state index in [1.807, 2.05) is 6.20 Å². The number of fused-ring (bicyclic) bond motifs is 1. The summed E-state index contributed by atoms with van der Waals surface area (Å²) in [5.41, 5.74) is 1.83. The van der Waals surface area contributed by atoms with Crippen LogP contribution in [0.15, 0.2) is 18.3 Å². The fourth-order valence-electron chi connectivity index (χ4n) is 1.81. The standard InChI is InChI=1S/C12H13ClN2O2/c1-7(16)14-3-2-8-6-15-12-10(8)4-9(17)5-11(12)13/h4-6,15,17H,2-3H2,1H3,(H,14,16). The number of carbonyl (C=O) groups excluding carboxylic acids is 1. The van der Waals surface area contributed by atoms with Crippen molar-refractivity contribution in [1.82, 2.24) is 10.3 Å². The van der Waals surface area contributed by atoms with E-state index in [0.29, 0.717) is 18.0 Å². The second-order valence-corrected chi connectivity index (χ2v) is 4.30. The summed E-state index contributed by atoms with van der Waals surface area (Å²) >= 11 is 6.00. The summed E-state index contributed by atoms with van der Waals surface area (Å²) in [6.07, 6.45) is 2.54. The summed E-state index contributed by atoms with van der Waals surface area (Å²) in [5.74, 6) is 0.0913. The van der Waals surface area contributed by atoms with Crippen molar-refractivity contribution in [3.05, 3.63) is 28.9 Å². The largest absolute Gasteiger partial charge is 0.508 e. The Labute approximate surface area is 104 Å². The van der Waals surface area contributed by atoms with Gasteiger partial charge in [0.2, 0.25) is 5.91 Å². The molecule has 0 aliphatic carbocycles. The van der Waals surface area contributed by atoms with Gasteiger partial charge in [0.15, 0.2) is 0 Å². The smallest absolute Gasteiger partial charge is 0.216 e. The third-order valence-electron chi connectivity index (χ3n) is 2.58. The Morgan fingerprint density at radius 1 is 1.53 bits per heavy atom. The van der Waals surface area contributed by atoms with Crippen molar-refractivity contribution in [3.63, 3.8) is 0 Å². The fourth-order valence-corrected chi connectivity index (χ4v) is 2.08. The zero-order chi connectivity index (χ0) is 12.4. The molecular weight excluding hydrogens is 240 g/mol. The number of nitrogens with one attached hydrogen (secondary N) is 2. The number of aromatic hydroxyl groups is 1. The number of aromatic amines is 1. The first-order chi connectivity index (χ1) is 8.08. The predicted octanol–water partition coefficient (Wildman–Crippen LogP) is 2.21. The predicted molar refractivity (Wildman–Crippen MR) is 67.4 cm³/mol. The molecule has 0 radical (unpaired) electrons. The molecule has 0 saturated carbocycles. The van der Waals surface area contributed by atoms with Crippen LogP contribution in [0.2, 0.25) is 5.02 Å². The quantitative estimate of drug-likeness (QED) is 0.784. The second-order valence-electron chi connectivity index (χ2n) is 3.90. The molecule has 0 unspecified atom stereocenters. The van der Waals surface area contributed by atoms with E-state index < -0.39 is 0 Å². The topological polar surface area (TPSA) is 65.1 Å². The number of benzene rings is 1. The molecule has 90 valence electrons. The molecule has 4 nitrogen and oxygen atoms in total. The first-order valence-corrected chi connectivity index (χ1v) is 5.68. The van der Waals surface area contributed by atoms with Crippen LogP contribution in [0.3, 0.4) is 0 Å². The summed E-state index contributed by atoms with van der Waals surface area (Å²) in [4.78, 5) is 13.8. The van der Waals surface area contributed by atoms with Crippen molar-refractivity contribution in [1.29, 1.82) is 0 Å². The van der Waals surface area contributed by atoms with Crippen LogP contribution in [0, 0.1) is 0 Å². The molecule has 0 aliphatic rings. The number of hydrogen-bond donors (Lipinski definition) is 3. The maximum absolute atomic E-state index is 10.8. The van der Waals surface area contributed by atoms with E-state index >= 15 is 0 Å². The molecule has 5 heteroatoms. The molecule has 0 aliphatic heterocycles. The number of phenolic OH excluding ortho intramolecular Hbond substituents is 1. The van der Waals surface area contributed by atoms with Crippen LogP contribution in [0.4, 0.5) is 0 Å². The number of amides is 1. The van der Waals surface area contributed by atoms with Crippen molar-refractivity contribution in [3.8, 4) is 5.75 Å². The summed E-state index contributed by atoms with van der Waals surface area (Å²) in [6, 6.07) is 3.17. The number of aromatic nitrogens is 1. The molecule has 0 atom stereocenters. The third kappa shape index (κ3) is 2.53. The summed E-state index contributed by atoms with van der Waals surface area (Å²) in [5, 5.41) is 13.6. The first-order valence-electron chi connectivity index (χ1n) is 5.31. The second kappa shape index (κ2) is 4.67. The molecule has 2 rings (SSSR count). The van der Waals surface area contributed by atoms with Crippen LogP contribution in [0.1, 0.15) is 12.5 Å². The maximum Gasteiger partial charge on any atom is 0.216 e. The molecule has 0 bridgehead atoms. The molecule has 17 heavy (non-hydrogen) atoms. The highest BCUT2D eigenvalue weighted by Crippen LogP contribution is 2.30. The minimum absolute atomic E-state index is 0.0503. The van der Waals surface area contributed by atoms with Crippen LogP contribution in [0.25, 0.3) is 10.9 Å². The van der Waals surface area contributed by atoms with Gasteiger partial charge in [0.25, 0.3) is 0 Å². The maximum atomic E-state index is 10.8. The Bertz CT molecular complexity index is 563. The lowest BCUT2D eigenvalue weighted by Gasteiger charge is -2.02. The summed E-state index contributed by atoms with van der Waals surface area (Å²) in [6.45, 7) is 2.05. The Morgan fingerprint density at radius 2 is 2.29 bits per heavy atom. The highest BCUT2D eigenvalue weighted by molar-refractivity contribution is 6.35. The molecular formula is C12H13ClN2O2. The molecule has 3 N–H and O–H groups in total. The van der Waals surface area contributed by atoms with Gasteiger partial charge in [-0.1, -0.05) is 11.6 Å². The first kappa shape index (κ1) is 11.8. The van der Waals surface area contributed by atoms with Gasteiger partial charge in [0, 0.05) is 31.1 Å². The number of carbonyl (C=O) groups is 1. The lowest BCUT2D eigenvalue weighted by molar-refractivity contribution is -0.118. The number of H-pyrrole nitrogens is 1. The van der Waals surface area contributed by atoms with E-state index in [1.54, 1.807) is 6.07 Å². The zero-order valence-corrected chi connectivity index (χ0v) is 10.1. The van der Waals surface area contributed by atoms with Gasteiger partial charge in [-0.15, -0.1) is 0 Å². The molecule has 2 aromatic rings. The number of halogens is 1. The lowest BCUT2D eigenvalue weighted by atomic mass is 10.1. The average molecular weight is 253 g/mol. The summed E-state index contributed by atoms with van der Waals surface area (Å²) in [7, 11) is 0. The van der Waals surface area contributed by atoms with Gasteiger partial charge >= 0.3 is 0 Å². The average Bonchev–Trinajstić information content (AvgIpc) is 2.61. The Morgan fingerprint density at radius 3 is 3.00 bits per heavy atom. The van der Waals surface area contributed by atoms with E-state index in [1.165, 1.54) is 13.0 Å². The SMILES string of the molecule is CC(=O)NCCc1c[nH]c2c(Cl)cc(O)cc12. The monoisotopic (exact) mass is 252 g/mol. The van der Waals surface area contributed by atoms with Gasteiger partial charge in [0.05, 0.1) is 10.5 Å². The fraction of sp³-hybridized carbons (Fsp3) is 0.250. The molecule has 1 aromatic heterocycles. The number of hydrogen-bond acceptors (Lipinski definition) is 2. The van der Waals surface area contributed by atoms with E-state index in [4.69, 9.17) is 11.6 Å². The van der Waals surface area contributed by atoms with Gasteiger partial charge < -0.3 is 15.4 Å². The molecule has 1 heterocycles. The number of phenols is 1. The van der Waals surface area contributed by atoms with E-state index in [0.717, 1.165) is 16.5 Å². The van der Waals surface area contributed by atoms with E-state index in [2.05, 4.69) is 10.3 Å². The normalized spacial score (nSPS) is 10.7. The Balaban J connectivity index is 2.26. The third-order valence-corrected chi connectivity index (χ3v) is 2.88. The van der Waals surface area contributed by atoms with Crippen molar-refractivity contribution in [2.45, 2.75) is 13.3 Å². The van der Waals surface area contributed by atoms with Crippen LogP contribution >= 0.6 is 11.6 Å². The minimum Gasteiger partial charge on any atom is -0.508 e. The van der Waals surface area contributed by atoms with Crippen molar-refractivity contribution < 1.29 is 9.90 Å². The van der Waals surface area contributed by atoms with Gasteiger partial charge in [-0.25, -0.2) is 0 Å². The summed E-state index contributed by atoms with van der Waals surface area (Å²) < 4.78 is 0. The highest BCUT2D eigenvalue weighted by atomic mass is 35.5. The van der Waals surface area contributed by atoms with Crippen molar-refractivity contribution >= 4 is 28.4 Å². The zero-order valence-electron chi connectivity index (χ0n) is 9.38. The van der Waals surface area contributed by atoms with Gasteiger partial charge in [-0.05, 0) is 18.1 Å². The minimum atomic E-state index is -0.0503. The Hall–Kier alpha value is -1.68. The Kier molecular flexibility index (Phi) is 3.24. The van der Waals surface area contributed by atoms with Crippen molar-refractivity contribution in [2.24, 2.45) is 0 Å². The van der Waals surface area contributed by atoms with Crippen LogP contribution in [-0.4, -0.2) is 22.5 Å². The van der Waals surface area contributed by atoms with Crippen LogP contribution in [-0.2, 0) is 11.2 Å². The van der Waals surface area contributed by atoms with Crippen LogP contribution < -0.4 is 5.32 Å². The highest BCUT2D eigenvalue weighted by Gasteiger charge is 2.08. The molecule has 0 spiro atoms. The molecule has 0 fully saturated rings. The molecule has 0 saturated heterocycles. The lowest BCUT2D eigenvalue weighted by Crippen LogP contribution is -2.22. The number of rotatable bonds is 3.